The molecule has 0 spiro atoms. The number of thioether (sulfide) groups is 2. The van der Waals surface area contributed by atoms with Gasteiger partial charge in [0.2, 0.25) is 0 Å². The first-order valence-corrected chi connectivity index (χ1v) is 7.22. The Labute approximate surface area is 104 Å². The van der Waals surface area contributed by atoms with Gasteiger partial charge in [-0.1, -0.05) is 6.07 Å². The summed E-state index contributed by atoms with van der Waals surface area (Å²) in [7, 11) is 1.71. The summed E-state index contributed by atoms with van der Waals surface area (Å²) in [5.41, 5.74) is 0. The fourth-order valence-electron chi connectivity index (χ4n) is 1.94. The third kappa shape index (κ3) is 1.68. The zero-order chi connectivity index (χ0) is 11.0. The van der Waals surface area contributed by atoms with Crippen LogP contribution in [-0.4, -0.2) is 18.6 Å². The van der Waals surface area contributed by atoms with E-state index in [-0.39, 0.29) is 0 Å². The fraction of sp³-hybridized carbons (Fsp3) is 0.231. The Morgan fingerprint density at radius 3 is 2.81 bits per heavy atom. The van der Waals surface area contributed by atoms with Gasteiger partial charge in [0.1, 0.15) is 5.75 Å². The molecule has 3 rings (SSSR count). The van der Waals surface area contributed by atoms with Gasteiger partial charge in [0, 0.05) is 21.3 Å². The number of hydrogen-bond acceptors (Lipinski definition) is 3. The predicted octanol–water partition coefficient (Wildman–Crippen LogP) is 4.05. The Kier molecular flexibility index (Phi) is 2.74. The first kappa shape index (κ1) is 10.4. The van der Waals surface area contributed by atoms with E-state index in [1.807, 2.05) is 29.6 Å². The van der Waals surface area contributed by atoms with Crippen molar-refractivity contribution in [3.05, 3.63) is 30.3 Å². The van der Waals surface area contributed by atoms with Crippen LogP contribution in [0.3, 0.4) is 0 Å². The molecule has 0 bridgehead atoms. The molecule has 0 N–H and O–H groups in total. The van der Waals surface area contributed by atoms with Crippen molar-refractivity contribution < 1.29 is 4.74 Å². The van der Waals surface area contributed by atoms with E-state index >= 15 is 0 Å². The first-order chi connectivity index (χ1) is 7.88. The van der Waals surface area contributed by atoms with E-state index in [2.05, 4.69) is 24.3 Å². The van der Waals surface area contributed by atoms with Gasteiger partial charge in [-0.2, -0.15) is 0 Å². The van der Waals surface area contributed by atoms with Crippen LogP contribution in [0.2, 0.25) is 0 Å². The number of benzene rings is 2. The van der Waals surface area contributed by atoms with E-state index < -0.39 is 0 Å². The van der Waals surface area contributed by atoms with Gasteiger partial charge in [-0.25, -0.2) is 0 Å². The predicted molar refractivity (Wildman–Crippen MR) is 71.9 cm³/mol. The molecule has 0 fully saturated rings. The lowest BCUT2D eigenvalue weighted by atomic mass is 10.1. The van der Waals surface area contributed by atoms with Crippen LogP contribution in [0.25, 0.3) is 10.8 Å². The second-order valence-electron chi connectivity index (χ2n) is 3.68. The third-order valence-corrected chi connectivity index (χ3v) is 5.31. The SMILES string of the molecule is COc1ccc2c3c(ccc2c1)SCCS3. The van der Waals surface area contributed by atoms with Crippen molar-refractivity contribution >= 4 is 34.3 Å². The minimum atomic E-state index is 0.931. The summed E-state index contributed by atoms with van der Waals surface area (Å²) in [6, 6.07) is 10.7. The molecule has 16 heavy (non-hydrogen) atoms. The van der Waals surface area contributed by atoms with Gasteiger partial charge in [-0.3, -0.25) is 0 Å². The lowest BCUT2D eigenvalue weighted by molar-refractivity contribution is 0.415. The molecule has 1 nitrogen and oxygen atoms in total. The minimum absolute atomic E-state index is 0.931. The molecule has 0 unspecified atom stereocenters. The van der Waals surface area contributed by atoms with Crippen LogP contribution >= 0.6 is 23.5 Å². The average molecular weight is 248 g/mol. The molecule has 1 heterocycles. The highest BCUT2D eigenvalue weighted by atomic mass is 32.2. The van der Waals surface area contributed by atoms with E-state index in [0.717, 1.165) is 5.75 Å². The minimum Gasteiger partial charge on any atom is -0.497 e. The van der Waals surface area contributed by atoms with Gasteiger partial charge in [0.25, 0.3) is 0 Å². The molecule has 0 saturated carbocycles. The maximum absolute atomic E-state index is 5.25. The monoisotopic (exact) mass is 248 g/mol. The molecule has 0 aromatic heterocycles. The van der Waals surface area contributed by atoms with E-state index in [9.17, 15) is 0 Å². The molecular weight excluding hydrogens is 236 g/mol. The zero-order valence-corrected chi connectivity index (χ0v) is 10.7. The second kappa shape index (κ2) is 4.22. The molecule has 82 valence electrons. The lowest BCUT2D eigenvalue weighted by Crippen LogP contribution is -1.94. The Bertz CT molecular complexity index is 537. The van der Waals surface area contributed by atoms with Crippen molar-refractivity contribution in [1.82, 2.24) is 0 Å². The third-order valence-electron chi connectivity index (χ3n) is 2.73. The first-order valence-electron chi connectivity index (χ1n) is 5.25. The van der Waals surface area contributed by atoms with Gasteiger partial charge in [0.15, 0.2) is 0 Å². The number of ether oxygens (including phenoxy) is 1. The summed E-state index contributed by atoms with van der Waals surface area (Å²) < 4.78 is 5.25. The molecule has 2 aromatic carbocycles. The number of rotatable bonds is 1. The van der Waals surface area contributed by atoms with Crippen molar-refractivity contribution in [2.75, 3.05) is 18.6 Å². The Morgan fingerprint density at radius 2 is 1.94 bits per heavy atom. The summed E-state index contributed by atoms with van der Waals surface area (Å²) in [4.78, 5) is 2.87. The summed E-state index contributed by atoms with van der Waals surface area (Å²) in [5, 5.41) is 2.63. The second-order valence-corrected chi connectivity index (χ2v) is 5.92. The van der Waals surface area contributed by atoms with Crippen molar-refractivity contribution in [2.24, 2.45) is 0 Å². The van der Waals surface area contributed by atoms with Crippen molar-refractivity contribution in [2.45, 2.75) is 9.79 Å². The molecule has 1 aliphatic rings. The highest BCUT2D eigenvalue weighted by molar-refractivity contribution is 8.05. The summed E-state index contributed by atoms with van der Waals surface area (Å²) in [6.45, 7) is 0. The Balaban J connectivity index is 2.24. The molecule has 0 amide bonds. The van der Waals surface area contributed by atoms with Crippen LogP contribution in [-0.2, 0) is 0 Å². The van der Waals surface area contributed by atoms with Crippen LogP contribution < -0.4 is 4.74 Å². The van der Waals surface area contributed by atoms with Gasteiger partial charge >= 0.3 is 0 Å². The van der Waals surface area contributed by atoms with Crippen LogP contribution in [0, 0.1) is 0 Å². The summed E-state index contributed by atoms with van der Waals surface area (Å²) >= 11 is 3.93. The highest BCUT2D eigenvalue weighted by Crippen LogP contribution is 2.41. The Hall–Kier alpha value is -0.800. The average Bonchev–Trinajstić information content (AvgIpc) is 2.38. The van der Waals surface area contributed by atoms with Crippen LogP contribution in [0.15, 0.2) is 40.1 Å². The molecule has 1 aliphatic heterocycles. The normalized spacial score (nSPS) is 14.8. The molecule has 3 heteroatoms. The molecule has 2 aromatic rings. The maximum atomic E-state index is 5.25. The van der Waals surface area contributed by atoms with Crippen LogP contribution in [0.4, 0.5) is 0 Å². The molecule has 0 aliphatic carbocycles. The summed E-state index contributed by atoms with van der Waals surface area (Å²) in [5.74, 6) is 3.36. The van der Waals surface area contributed by atoms with Gasteiger partial charge in [-0.15, -0.1) is 23.5 Å². The van der Waals surface area contributed by atoms with Crippen molar-refractivity contribution in [3.63, 3.8) is 0 Å². The quantitative estimate of drug-likeness (QED) is 0.753. The highest BCUT2D eigenvalue weighted by Gasteiger charge is 2.13. The van der Waals surface area contributed by atoms with Gasteiger partial charge in [-0.05, 0) is 35.0 Å². The topological polar surface area (TPSA) is 9.23 Å². The standard InChI is InChI=1S/C13H12OS2/c1-14-10-3-4-11-9(8-10)2-5-12-13(11)16-7-6-15-12/h2-5,8H,6-7H2,1H3. The molecule has 0 radical (unpaired) electrons. The van der Waals surface area contributed by atoms with Gasteiger partial charge in [0.05, 0.1) is 7.11 Å². The van der Waals surface area contributed by atoms with E-state index in [0.29, 0.717) is 0 Å². The van der Waals surface area contributed by atoms with E-state index in [1.54, 1.807) is 7.11 Å². The molecule has 0 saturated heterocycles. The molecule has 0 atom stereocenters. The fourth-order valence-corrected chi connectivity index (χ4v) is 4.35. The number of hydrogen-bond donors (Lipinski definition) is 0. The van der Waals surface area contributed by atoms with Crippen LogP contribution in [0.5, 0.6) is 5.75 Å². The molecular formula is C13H12OS2. The number of methoxy groups -OCH3 is 1. The van der Waals surface area contributed by atoms with Gasteiger partial charge < -0.3 is 4.74 Å². The smallest absolute Gasteiger partial charge is 0.119 e. The van der Waals surface area contributed by atoms with Crippen molar-refractivity contribution in [1.29, 1.82) is 0 Å². The largest absolute Gasteiger partial charge is 0.497 e. The summed E-state index contributed by atoms with van der Waals surface area (Å²) in [6.07, 6.45) is 0. The van der Waals surface area contributed by atoms with Crippen LogP contribution in [0.1, 0.15) is 0 Å². The Morgan fingerprint density at radius 1 is 1.06 bits per heavy atom. The zero-order valence-electron chi connectivity index (χ0n) is 9.03. The lowest BCUT2D eigenvalue weighted by Gasteiger charge is -2.17. The van der Waals surface area contributed by atoms with Crippen molar-refractivity contribution in [3.8, 4) is 5.75 Å². The number of fused-ring (bicyclic) bond motifs is 3. The van der Waals surface area contributed by atoms with E-state index in [1.165, 1.54) is 32.1 Å². The van der Waals surface area contributed by atoms with E-state index in [4.69, 9.17) is 4.74 Å². The maximum Gasteiger partial charge on any atom is 0.119 e.